The van der Waals surface area contributed by atoms with Crippen LogP contribution in [0.25, 0.3) is 0 Å². The largest absolute Gasteiger partial charge is 0.467 e. The van der Waals surface area contributed by atoms with Gasteiger partial charge in [0.15, 0.2) is 0 Å². The van der Waals surface area contributed by atoms with Gasteiger partial charge >= 0.3 is 12.1 Å². The number of hydrogen-bond acceptors (Lipinski definition) is 7. The number of aliphatic hydroxyl groups is 1. The minimum atomic E-state index is -1.26. The first kappa shape index (κ1) is 31.9. The van der Waals surface area contributed by atoms with Gasteiger partial charge in [0.2, 0.25) is 11.8 Å². The molecule has 4 N–H and O–H groups in total. The van der Waals surface area contributed by atoms with Crippen molar-refractivity contribution in [3.8, 4) is 0 Å². The average molecular weight is 522 g/mol. The lowest BCUT2D eigenvalue weighted by atomic mass is 9.97. The molecule has 4 atom stereocenters. The molecule has 10 nitrogen and oxygen atoms in total. The van der Waals surface area contributed by atoms with E-state index >= 15 is 0 Å². The molecule has 1 rings (SSSR count). The summed E-state index contributed by atoms with van der Waals surface area (Å²) in [4.78, 5) is 50.2. The Morgan fingerprint density at radius 2 is 1.46 bits per heavy atom. The zero-order valence-electron chi connectivity index (χ0n) is 23.2. The number of ether oxygens (including phenoxy) is 2. The van der Waals surface area contributed by atoms with Gasteiger partial charge in [-0.3, -0.25) is 9.59 Å². The van der Waals surface area contributed by atoms with Crippen LogP contribution < -0.4 is 16.0 Å². The molecule has 0 unspecified atom stereocenters. The van der Waals surface area contributed by atoms with Gasteiger partial charge in [-0.15, -0.1) is 0 Å². The number of carbonyl (C=O) groups is 4. The van der Waals surface area contributed by atoms with Crippen LogP contribution in [0.4, 0.5) is 4.79 Å². The number of nitrogens with one attached hydrogen (secondary N) is 3. The van der Waals surface area contributed by atoms with Crippen LogP contribution in [0.1, 0.15) is 60.5 Å². The molecule has 1 aromatic rings. The quantitative estimate of drug-likeness (QED) is 0.309. The minimum Gasteiger partial charge on any atom is -0.467 e. The molecule has 208 valence electrons. The molecule has 0 saturated heterocycles. The predicted molar refractivity (Wildman–Crippen MR) is 139 cm³/mol. The first-order chi connectivity index (χ1) is 17.1. The third kappa shape index (κ3) is 11.6. The molecule has 0 bridgehead atoms. The summed E-state index contributed by atoms with van der Waals surface area (Å²) in [5, 5.41) is 18.9. The Balaban J connectivity index is 2.95. The topological polar surface area (TPSA) is 143 Å². The highest BCUT2D eigenvalue weighted by Gasteiger charge is 2.32. The molecule has 0 saturated carbocycles. The fourth-order valence-corrected chi connectivity index (χ4v) is 3.58. The second-order valence-corrected chi connectivity index (χ2v) is 10.8. The molecule has 37 heavy (non-hydrogen) atoms. The van der Waals surface area contributed by atoms with E-state index in [1.165, 1.54) is 7.11 Å². The lowest BCUT2D eigenvalue weighted by Crippen LogP contribution is -2.56. The van der Waals surface area contributed by atoms with Gasteiger partial charge in [0.1, 0.15) is 17.7 Å². The van der Waals surface area contributed by atoms with Crippen molar-refractivity contribution in [3.63, 3.8) is 0 Å². The fraction of sp³-hybridized carbons (Fsp3) is 0.630. The van der Waals surface area contributed by atoms with E-state index < -0.39 is 53.7 Å². The van der Waals surface area contributed by atoms with E-state index in [2.05, 4.69) is 16.0 Å². The van der Waals surface area contributed by atoms with E-state index in [0.29, 0.717) is 0 Å². The summed E-state index contributed by atoms with van der Waals surface area (Å²) in [5.41, 5.74) is 0.115. The number of hydrogen-bond donors (Lipinski definition) is 4. The molecule has 0 spiro atoms. The second kappa shape index (κ2) is 14.6. The van der Waals surface area contributed by atoms with Gasteiger partial charge in [-0.2, -0.15) is 0 Å². The van der Waals surface area contributed by atoms with E-state index in [0.717, 1.165) is 5.56 Å². The number of alkyl carbamates (subject to hydrolysis) is 1. The summed E-state index contributed by atoms with van der Waals surface area (Å²) >= 11 is 0. The molecule has 0 aliphatic rings. The van der Waals surface area contributed by atoms with Crippen molar-refractivity contribution >= 4 is 23.9 Å². The first-order valence-corrected chi connectivity index (χ1v) is 12.5. The fourth-order valence-electron chi connectivity index (χ4n) is 3.58. The summed E-state index contributed by atoms with van der Waals surface area (Å²) in [7, 11) is 1.24. The Hall–Kier alpha value is -3.14. The molecule has 3 amide bonds. The van der Waals surface area contributed by atoms with Crippen LogP contribution in [0.5, 0.6) is 0 Å². The molecular formula is C27H43N3O7. The van der Waals surface area contributed by atoms with Gasteiger partial charge in [-0.25, -0.2) is 9.59 Å². The van der Waals surface area contributed by atoms with Crippen LogP contribution in [0.2, 0.25) is 0 Å². The van der Waals surface area contributed by atoms with Crippen LogP contribution in [0, 0.1) is 11.8 Å². The Bertz CT molecular complexity index is 897. The van der Waals surface area contributed by atoms with Crippen LogP contribution in [-0.4, -0.2) is 65.9 Å². The Morgan fingerprint density at radius 3 is 1.95 bits per heavy atom. The summed E-state index contributed by atoms with van der Waals surface area (Å²) in [6.45, 7) is 12.2. The van der Waals surface area contributed by atoms with Crippen LogP contribution >= 0.6 is 0 Å². The Morgan fingerprint density at radius 1 is 0.892 bits per heavy atom. The molecule has 10 heteroatoms. The molecule has 0 aliphatic heterocycles. The van der Waals surface area contributed by atoms with E-state index in [1.54, 1.807) is 48.5 Å². The number of amides is 3. The third-order valence-electron chi connectivity index (χ3n) is 5.54. The van der Waals surface area contributed by atoms with Crippen molar-refractivity contribution in [2.75, 3.05) is 7.11 Å². The molecule has 0 radical (unpaired) electrons. The standard InChI is InChI=1S/C27H43N3O7/c1-16(2)22(24(33)30-23(17(3)4)25(34)36-8)29-21(32)15-20(31)19(14-18-12-10-9-11-13-18)28-26(35)37-27(5,6)7/h9-13,16-17,19-20,22-23,31H,14-15H2,1-8H3,(H,28,35)(H,29,32)(H,30,33)/t19-,20-,22-,23-/m0/s1. The minimum absolute atomic E-state index is 0.223. The highest BCUT2D eigenvalue weighted by molar-refractivity contribution is 5.91. The van der Waals surface area contributed by atoms with Crippen molar-refractivity contribution in [1.82, 2.24) is 16.0 Å². The molecule has 0 fully saturated rings. The van der Waals surface area contributed by atoms with Gasteiger partial charge in [0, 0.05) is 0 Å². The van der Waals surface area contributed by atoms with Gasteiger partial charge in [0.25, 0.3) is 0 Å². The summed E-state index contributed by atoms with van der Waals surface area (Å²) in [6, 6.07) is 6.59. The number of benzene rings is 1. The van der Waals surface area contributed by atoms with Crippen LogP contribution in [0.3, 0.4) is 0 Å². The summed E-state index contributed by atoms with van der Waals surface area (Å²) < 4.78 is 10.1. The second-order valence-electron chi connectivity index (χ2n) is 10.8. The SMILES string of the molecule is COC(=O)[C@@H](NC(=O)[C@@H](NC(=O)C[C@H](O)[C@H](Cc1ccccc1)NC(=O)OC(C)(C)C)C(C)C)C(C)C. The highest BCUT2D eigenvalue weighted by Crippen LogP contribution is 2.13. The van der Waals surface area contributed by atoms with Gasteiger partial charge < -0.3 is 30.5 Å². The number of methoxy groups -OCH3 is 1. The highest BCUT2D eigenvalue weighted by atomic mass is 16.6. The average Bonchev–Trinajstić information content (AvgIpc) is 2.78. The molecule has 0 aliphatic carbocycles. The predicted octanol–water partition coefficient (Wildman–Crippen LogP) is 2.33. The van der Waals surface area contributed by atoms with Crippen molar-refractivity contribution in [2.24, 2.45) is 11.8 Å². The lowest BCUT2D eigenvalue weighted by molar-refractivity contribution is -0.146. The van der Waals surface area contributed by atoms with Crippen molar-refractivity contribution in [2.45, 2.75) is 91.1 Å². The Kier molecular flexibility index (Phi) is 12.6. The number of rotatable bonds is 12. The first-order valence-electron chi connectivity index (χ1n) is 12.5. The third-order valence-corrected chi connectivity index (χ3v) is 5.54. The van der Waals surface area contributed by atoms with Gasteiger partial charge in [-0.1, -0.05) is 58.0 Å². The monoisotopic (exact) mass is 521 g/mol. The maximum atomic E-state index is 12.9. The maximum Gasteiger partial charge on any atom is 0.407 e. The molecular weight excluding hydrogens is 478 g/mol. The van der Waals surface area contributed by atoms with E-state index in [-0.39, 0.29) is 24.7 Å². The summed E-state index contributed by atoms with van der Waals surface area (Å²) in [6.07, 6.45) is -2.08. The zero-order valence-corrected chi connectivity index (χ0v) is 23.2. The smallest absolute Gasteiger partial charge is 0.407 e. The molecule has 0 aromatic heterocycles. The Labute approximate surface area is 219 Å². The van der Waals surface area contributed by atoms with E-state index in [9.17, 15) is 24.3 Å². The maximum absolute atomic E-state index is 12.9. The molecule has 1 aromatic carbocycles. The normalized spacial score (nSPS) is 14.8. The van der Waals surface area contributed by atoms with Crippen molar-refractivity contribution in [1.29, 1.82) is 0 Å². The lowest BCUT2D eigenvalue weighted by Gasteiger charge is -2.28. The van der Waals surface area contributed by atoms with E-state index in [4.69, 9.17) is 9.47 Å². The molecule has 0 heterocycles. The van der Waals surface area contributed by atoms with Crippen molar-refractivity contribution in [3.05, 3.63) is 35.9 Å². The number of aliphatic hydroxyl groups excluding tert-OH is 1. The van der Waals surface area contributed by atoms with Crippen molar-refractivity contribution < 1.29 is 33.8 Å². The van der Waals surface area contributed by atoms with E-state index in [1.807, 2.05) is 30.3 Å². The van der Waals surface area contributed by atoms with Gasteiger partial charge in [0.05, 0.1) is 25.7 Å². The van der Waals surface area contributed by atoms with Crippen LogP contribution in [0.15, 0.2) is 30.3 Å². The summed E-state index contributed by atoms with van der Waals surface area (Å²) in [5.74, 6) is -2.21. The van der Waals surface area contributed by atoms with Crippen LogP contribution in [-0.2, 0) is 30.3 Å². The number of esters is 1. The van der Waals surface area contributed by atoms with Gasteiger partial charge in [-0.05, 0) is 44.6 Å². The zero-order chi connectivity index (χ0) is 28.3. The number of carbonyl (C=O) groups excluding carboxylic acids is 4.